The van der Waals surface area contributed by atoms with Crippen molar-refractivity contribution in [3.05, 3.63) is 169 Å². The van der Waals surface area contributed by atoms with Crippen molar-refractivity contribution in [3.8, 4) is 16.8 Å². The maximum Gasteiger partial charge on any atom is 0.0781 e. The zero-order valence-electron chi connectivity index (χ0n) is 21.4. The molecule has 0 radical (unpaired) electrons. The van der Waals surface area contributed by atoms with Crippen molar-refractivity contribution in [3.63, 3.8) is 0 Å². The quantitative estimate of drug-likeness (QED) is 0.210. The van der Waals surface area contributed by atoms with E-state index in [0.717, 1.165) is 22.5 Å². The first-order valence-electron chi connectivity index (χ1n) is 13.2. The number of fused-ring (bicyclic) bond motifs is 3. The molecule has 1 heterocycles. The highest BCUT2D eigenvalue weighted by Gasteiger charge is 2.13. The molecule has 39 heavy (non-hydrogen) atoms. The van der Waals surface area contributed by atoms with E-state index in [0.29, 0.717) is 0 Å². The summed E-state index contributed by atoms with van der Waals surface area (Å²) in [5.41, 5.74) is 10.1. The first-order chi connectivity index (χ1) is 19.3. The van der Waals surface area contributed by atoms with Gasteiger partial charge in [-0.15, -0.1) is 0 Å². The molecular weight excluding hydrogens is 472 g/mol. The van der Waals surface area contributed by atoms with Gasteiger partial charge in [-0.2, -0.15) is 0 Å². The molecule has 0 aliphatic rings. The van der Waals surface area contributed by atoms with Gasteiger partial charge in [0.15, 0.2) is 0 Å². The van der Waals surface area contributed by atoms with E-state index in [1.807, 2.05) is 12.1 Å². The molecule has 2 nitrogen and oxygen atoms in total. The Labute approximate surface area is 228 Å². The predicted octanol–water partition coefficient (Wildman–Crippen LogP) is 9.62. The standard InChI is InChI=1S/C37H26N2/c1-4-12-28(13-5-1)37(29-14-6-2-7-15-29)38-31-23-20-27(21-24-31)30-22-25-36-34(26-30)33-18-10-11-19-35(33)39(36)32-16-8-3-9-17-32/h1-26H. The molecule has 0 saturated heterocycles. The van der Waals surface area contributed by atoms with Crippen LogP contribution in [-0.2, 0) is 0 Å². The Kier molecular flexibility index (Phi) is 5.84. The summed E-state index contributed by atoms with van der Waals surface area (Å²) in [5, 5.41) is 2.51. The van der Waals surface area contributed by atoms with Gasteiger partial charge in [-0.05, 0) is 53.6 Å². The van der Waals surface area contributed by atoms with Gasteiger partial charge in [-0.1, -0.05) is 115 Å². The van der Waals surface area contributed by atoms with Crippen LogP contribution in [-0.4, -0.2) is 10.3 Å². The Hall–Kier alpha value is -5.21. The maximum absolute atomic E-state index is 5.07. The van der Waals surface area contributed by atoms with Crippen LogP contribution in [0.4, 0.5) is 5.69 Å². The van der Waals surface area contributed by atoms with E-state index in [-0.39, 0.29) is 0 Å². The van der Waals surface area contributed by atoms with Crippen molar-refractivity contribution in [1.82, 2.24) is 4.57 Å². The number of benzene rings is 6. The van der Waals surface area contributed by atoms with Crippen molar-refractivity contribution >= 4 is 33.2 Å². The molecule has 7 aromatic rings. The monoisotopic (exact) mass is 498 g/mol. The maximum atomic E-state index is 5.07. The molecule has 0 N–H and O–H groups in total. The molecule has 7 rings (SSSR count). The molecule has 0 aliphatic heterocycles. The lowest BCUT2D eigenvalue weighted by molar-refractivity contribution is 1.18. The van der Waals surface area contributed by atoms with Gasteiger partial charge < -0.3 is 4.57 Å². The number of para-hydroxylation sites is 2. The Balaban J connectivity index is 1.30. The average Bonchev–Trinajstić information content (AvgIpc) is 3.35. The highest BCUT2D eigenvalue weighted by atomic mass is 15.0. The first-order valence-corrected chi connectivity index (χ1v) is 13.2. The van der Waals surface area contributed by atoms with Crippen molar-refractivity contribution in [2.45, 2.75) is 0 Å². The molecule has 0 spiro atoms. The van der Waals surface area contributed by atoms with E-state index in [1.165, 1.54) is 38.6 Å². The van der Waals surface area contributed by atoms with Gasteiger partial charge in [0.2, 0.25) is 0 Å². The van der Waals surface area contributed by atoms with E-state index in [2.05, 4.69) is 150 Å². The van der Waals surface area contributed by atoms with Crippen LogP contribution in [0.5, 0.6) is 0 Å². The molecule has 0 aliphatic carbocycles. The van der Waals surface area contributed by atoms with Gasteiger partial charge in [0.25, 0.3) is 0 Å². The SMILES string of the molecule is c1ccc(C(=Nc2ccc(-c3ccc4c(c3)c3ccccc3n4-c3ccccc3)cc2)c2ccccc2)cc1. The summed E-state index contributed by atoms with van der Waals surface area (Å²) in [6.07, 6.45) is 0. The summed E-state index contributed by atoms with van der Waals surface area (Å²) in [7, 11) is 0. The Morgan fingerprint density at radius 3 is 1.64 bits per heavy atom. The van der Waals surface area contributed by atoms with Crippen LogP contribution in [0.15, 0.2) is 163 Å². The lowest BCUT2D eigenvalue weighted by Gasteiger charge is -2.09. The summed E-state index contributed by atoms with van der Waals surface area (Å²) >= 11 is 0. The van der Waals surface area contributed by atoms with Crippen molar-refractivity contribution in [2.24, 2.45) is 4.99 Å². The summed E-state index contributed by atoms with van der Waals surface area (Å²) < 4.78 is 2.35. The van der Waals surface area contributed by atoms with Crippen LogP contribution in [0.3, 0.4) is 0 Å². The number of aromatic nitrogens is 1. The van der Waals surface area contributed by atoms with Crippen molar-refractivity contribution < 1.29 is 0 Å². The summed E-state index contributed by atoms with van der Waals surface area (Å²) in [5.74, 6) is 0. The van der Waals surface area contributed by atoms with Crippen LogP contribution in [0.2, 0.25) is 0 Å². The average molecular weight is 499 g/mol. The van der Waals surface area contributed by atoms with E-state index in [1.54, 1.807) is 0 Å². The summed E-state index contributed by atoms with van der Waals surface area (Å²) in [4.78, 5) is 5.07. The second-order valence-electron chi connectivity index (χ2n) is 9.66. The smallest absolute Gasteiger partial charge is 0.0781 e. The second kappa shape index (κ2) is 9.92. The first kappa shape index (κ1) is 22.9. The number of hydrogen-bond donors (Lipinski definition) is 0. The molecule has 0 saturated carbocycles. The number of hydrogen-bond acceptors (Lipinski definition) is 1. The summed E-state index contributed by atoms with van der Waals surface area (Å²) in [6.45, 7) is 0. The topological polar surface area (TPSA) is 17.3 Å². The number of aliphatic imine (C=N–C) groups is 1. The molecule has 0 fully saturated rings. The molecule has 2 heteroatoms. The van der Waals surface area contributed by atoms with Gasteiger partial charge in [-0.3, -0.25) is 0 Å². The van der Waals surface area contributed by atoms with Gasteiger partial charge in [0.1, 0.15) is 0 Å². The van der Waals surface area contributed by atoms with Crippen molar-refractivity contribution in [2.75, 3.05) is 0 Å². The fourth-order valence-electron chi connectivity index (χ4n) is 5.35. The molecular formula is C37H26N2. The fraction of sp³-hybridized carbons (Fsp3) is 0. The van der Waals surface area contributed by atoms with E-state index in [4.69, 9.17) is 4.99 Å². The van der Waals surface area contributed by atoms with Gasteiger partial charge in [0.05, 0.1) is 22.4 Å². The third kappa shape index (κ3) is 4.32. The van der Waals surface area contributed by atoms with E-state index >= 15 is 0 Å². The molecule has 0 bridgehead atoms. The van der Waals surface area contributed by atoms with Gasteiger partial charge in [-0.25, -0.2) is 4.99 Å². The predicted molar refractivity (Wildman–Crippen MR) is 164 cm³/mol. The minimum absolute atomic E-state index is 0.934. The normalized spacial score (nSPS) is 11.1. The Morgan fingerprint density at radius 2 is 0.974 bits per heavy atom. The molecule has 0 unspecified atom stereocenters. The molecule has 0 amide bonds. The lowest BCUT2D eigenvalue weighted by atomic mass is 10.0. The zero-order chi connectivity index (χ0) is 26.0. The number of rotatable bonds is 5. The van der Waals surface area contributed by atoms with E-state index in [9.17, 15) is 0 Å². The highest BCUT2D eigenvalue weighted by molar-refractivity contribution is 6.14. The molecule has 1 aromatic heterocycles. The second-order valence-corrected chi connectivity index (χ2v) is 9.66. The van der Waals surface area contributed by atoms with Crippen LogP contribution >= 0.6 is 0 Å². The molecule has 0 atom stereocenters. The summed E-state index contributed by atoms with van der Waals surface area (Å²) in [6, 6.07) is 55.3. The van der Waals surface area contributed by atoms with Gasteiger partial charge >= 0.3 is 0 Å². The van der Waals surface area contributed by atoms with Gasteiger partial charge in [0, 0.05) is 27.6 Å². The zero-order valence-corrected chi connectivity index (χ0v) is 21.4. The molecule has 6 aromatic carbocycles. The third-order valence-electron chi connectivity index (χ3n) is 7.22. The molecule has 184 valence electrons. The van der Waals surface area contributed by atoms with Crippen LogP contribution in [0.25, 0.3) is 38.6 Å². The fourth-order valence-corrected chi connectivity index (χ4v) is 5.35. The minimum atomic E-state index is 0.934. The minimum Gasteiger partial charge on any atom is -0.309 e. The largest absolute Gasteiger partial charge is 0.309 e. The Bertz CT molecular complexity index is 1870. The lowest BCUT2D eigenvalue weighted by Crippen LogP contribution is -2.02. The third-order valence-corrected chi connectivity index (χ3v) is 7.22. The highest BCUT2D eigenvalue weighted by Crippen LogP contribution is 2.35. The van der Waals surface area contributed by atoms with Crippen LogP contribution in [0.1, 0.15) is 11.1 Å². The number of nitrogens with zero attached hydrogens (tertiary/aromatic N) is 2. The van der Waals surface area contributed by atoms with E-state index < -0.39 is 0 Å². The Morgan fingerprint density at radius 1 is 0.436 bits per heavy atom. The van der Waals surface area contributed by atoms with Crippen molar-refractivity contribution in [1.29, 1.82) is 0 Å². The van der Waals surface area contributed by atoms with Crippen LogP contribution < -0.4 is 0 Å². The van der Waals surface area contributed by atoms with Crippen LogP contribution in [0, 0.1) is 0 Å².